The Kier molecular flexibility index (Phi) is 3.95. The summed E-state index contributed by atoms with van der Waals surface area (Å²) in [6.07, 6.45) is 0. The van der Waals surface area contributed by atoms with Crippen LogP contribution in [0.25, 0.3) is 0 Å². The lowest BCUT2D eigenvalue weighted by molar-refractivity contribution is -0.141. The fourth-order valence-corrected chi connectivity index (χ4v) is 0.700. The molecule has 4 nitrogen and oxygen atoms in total. The molecule has 0 saturated carbocycles. The molecule has 0 aliphatic carbocycles. The Labute approximate surface area is 70.7 Å². The molecule has 2 N–H and O–H groups in total. The van der Waals surface area contributed by atoms with E-state index in [4.69, 9.17) is 5.73 Å². The van der Waals surface area contributed by atoms with Crippen LogP contribution < -0.4 is 5.73 Å². The van der Waals surface area contributed by atoms with Gasteiger partial charge in [0.25, 0.3) is 0 Å². The van der Waals surface area contributed by atoms with Crippen LogP contribution in [0, 0.1) is 11.8 Å². The SMILES string of the molecule is CC(C(N)=O)C(C)C(=O)OS. The molecule has 1 amide bonds. The monoisotopic (exact) mass is 177 g/mol. The highest BCUT2D eigenvalue weighted by atomic mass is 32.1. The van der Waals surface area contributed by atoms with E-state index in [-0.39, 0.29) is 0 Å². The van der Waals surface area contributed by atoms with Crippen molar-refractivity contribution in [1.29, 1.82) is 0 Å². The lowest BCUT2D eigenvalue weighted by Crippen LogP contribution is -2.30. The summed E-state index contributed by atoms with van der Waals surface area (Å²) in [5.41, 5.74) is 4.96. The zero-order valence-electron chi connectivity index (χ0n) is 6.40. The average Bonchev–Trinajstić information content (AvgIpc) is 2.00. The largest absolute Gasteiger partial charge is 0.394 e. The summed E-state index contributed by atoms with van der Waals surface area (Å²) in [7, 11) is 0. The molecule has 5 heteroatoms. The number of amides is 1. The summed E-state index contributed by atoms with van der Waals surface area (Å²) >= 11 is 3.32. The first-order valence-corrected chi connectivity index (χ1v) is 3.51. The number of carbonyl (C=O) groups is 2. The van der Waals surface area contributed by atoms with E-state index in [2.05, 4.69) is 17.1 Å². The zero-order chi connectivity index (χ0) is 9.02. The van der Waals surface area contributed by atoms with Gasteiger partial charge in [-0.2, -0.15) is 0 Å². The van der Waals surface area contributed by atoms with Crippen molar-refractivity contribution in [2.75, 3.05) is 0 Å². The molecule has 11 heavy (non-hydrogen) atoms. The molecule has 0 bridgehead atoms. The predicted molar refractivity (Wildman–Crippen MR) is 42.6 cm³/mol. The molecule has 0 spiro atoms. The Morgan fingerprint density at radius 3 is 2.09 bits per heavy atom. The van der Waals surface area contributed by atoms with E-state index >= 15 is 0 Å². The molecule has 0 aromatic rings. The van der Waals surface area contributed by atoms with E-state index in [9.17, 15) is 9.59 Å². The minimum atomic E-state index is -0.542. The van der Waals surface area contributed by atoms with Crippen LogP contribution in [-0.2, 0) is 13.8 Å². The highest BCUT2D eigenvalue weighted by Crippen LogP contribution is 2.12. The van der Waals surface area contributed by atoms with Gasteiger partial charge in [-0.15, -0.1) is 0 Å². The standard InChI is InChI=1S/C6H11NO3S/c1-3(5(7)8)4(2)6(9)10-11/h3-4,11H,1-2H3,(H2,7,8). The first-order valence-electron chi connectivity index (χ1n) is 3.15. The molecule has 2 unspecified atom stereocenters. The number of carbonyl (C=O) groups excluding carboxylic acids is 2. The summed E-state index contributed by atoms with van der Waals surface area (Å²) in [5, 5.41) is 0. The second-order valence-electron chi connectivity index (χ2n) is 2.39. The van der Waals surface area contributed by atoms with Crippen LogP contribution in [0.15, 0.2) is 0 Å². The molecule has 0 aliphatic rings. The molecule has 2 atom stereocenters. The molecule has 0 aromatic heterocycles. The van der Waals surface area contributed by atoms with Gasteiger partial charge in [-0.05, 0) is 0 Å². The first kappa shape index (κ1) is 10.3. The number of rotatable bonds is 3. The van der Waals surface area contributed by atoms with E-state index in [1.807, 2.05) is 0 Å². The second-order valence-corrected chi connectivity index (χ2v) is 2.57. The van der Waals surface area contributed by atoms with E-state index in [0.717, 1.165) is 0 Å². The van der Waals surface area contributed by atoms with E-state index in [1.165, 1.54) is 0 Å². The van der Waals surface area contributed by atoms with Crippen molar-refractivity contribution in [2.24, 2.45) is 17.6 Å². The molecule has 0 saturated heterocycles. The molecular weight excluding hydrogens is 166 g/mol. The van der Waals surface area contributed by atoms with E-state index in [0.29, 0.717) is 0 Å². The summed E-state index contributed by atoms with van der Waals surface area (Å²) in [5.74, 6) is -2.12. The Bertz CT molecular complexity index is 171. The fourth-order valence-electron chi connectivity index (χ4n) is 0.534. The van der Waals surface area contributed by atoms with E-state index < -0.39 is 23.7 Å². The van der Waals surface area contributed by atoms with Crippen molar-refractivity contribution in [2.45, 2.75) is 13.8 Å². The summed E-state index contributed by atoms with van der Waals surface area (Å²) < 4.78 is 4.13. The third-order valence-corrected chi connectivity index (χ3v) is 1.84. The molecule has 0 radical (unpaired) electrons. The minimum absolute atomic E-state index is 0.517. The molecule has 0 aliphatic heterocycles. The van der Waals surface area contributed by atoms with Gasteiger partial charge in [-0.1, -0.05) is 13.8 Å². The van der Waals surface area contributed by atoms with Gasteiger partial charge in [0.2, 0.25) is 5.91 Å². The van der Waals surface area contributed by atoms with Crippen LogP contribution in [0.3, 0.4) is 0 Å². The Balaban J connectivity index is 4.12. The van der Waals surface area contributed by atoms with Crippen molar-refractivity contribution < 1.29 is 13.8 Å². The van der Waals surface area contributed by atoms with Gasteiger partial charge < -0.3 is 9.92 Å². The Hall–Kier alpha value is -0.710. The topological polar surface area (TPSA) is 69.4 Å². The lowest BCUT2D eigenvalue weighted by Gasteiger charge is -2.12. The van der Waals surface area contributed by atoms with Gasteiger partial charge in [0.1, 0.15) is 0 Å². The average molecular weight is 177 g/mol. The molecule has 64 valence electrons. The van der Waals surface area contributed by atoms with Crippen LogP contribution in [0.4, 0.5) is 0 Å². The van der Waals surface area contributed by atoms with Gasteiger partial charge in [0.05, 0.1) is 5.92 Å². The number of primary amides is 1. The summed E-state index contributed by atoms with van der Waals surface area (Å²) in [6, 6.07) is 0. The number of hydrogen-bond acceptors (Lipinski definition) is 4. The predicted octanol–water partition coefficient (Wildman–Crippen LogP) is 0.132. The highest BCUT2D eigenvalue weighted by molar-refractivity contribution is 7.75. The van der Waals surface area contributed by atoms with Gasteiger partial charge in [0, 0.05) is 18.8 Å². The van der Waals surface area contributed by atoms with Crippen molar-refractivity contribution in [1.82, 2.24) is 0 Å². The van der Waals surface area contributed by atoms with E-state index in [1.54, 1.807) is 13.8 Å². The number of thiol groups is 1. The molecule has 0 aromatic carbocycles. The van der Waals surface area contributed by atoms with Gasteiger partial charge in [0.15, 0.2) is 0 Å². The highest BCUT2D eigenvalue weighted by Gasteiger charge is 2.24. The summed E-state index contributed by atoms with van der Waals surface area (Å²) in [6.45, 7) is 3.13. The third kappa shape index (κ3) is 2.80. The third-order valence-electron chi connectivity index (χ3n) is 1.66. The van der Waals surface area contributed by atoms with Crippen LogP contribution >= 0.6 is 12.9 Å². The van der Waals surface area contributed by atoms with Crippen molar-refractivity contribution in [3.63, 3.8) is 0 Å². The fraction of sp³-hybridized carbons (Fsp3) is 0.667. The van der Waals surface area contributed by atoms with Gasteiger partial charge in [-0.3, -0.25) is 9.59 Å². The van der Waals surface area contributed by atoms with Crippen molar-refractivity contribution in [3.05, 3.63) is 0 Å². The van der Waals surface area contributed by atoms with Crippen LogP contribution in [-0.4, -0.2) is 11.9 Å². The van der Waals surface area contributed by atoms with Crippen molar-refractivity contribution in [3.8, 4) is 0 Å². The zero-order valence-corrected chi connectivity index (χ0v) is 7.30. The smallest absolute Gasteiger partial charge is 0.321 e. The quantitative estimate of drug-likeness (QED) is 0.475. The molecule has 0 rings (SSSR count). The maximum absolute atomic E-state index is 10.8. The minimum Gasteiger partial charge on any atom is -0.394 e. The normalized spacial score (nSPS) is 15.2. The molecular formula is C6H11NO3S. The second kappa shape index (κ2) is 4.23. The van der Waals surface area contributed by atoms with Crippen LogP contribution in [0.5, 0.6) is 0 Å². The first-order chi connectivity index (χ1) is 5.00. The number of hydrogen-bond donors (Lipinski definition) is 2. The van der Waals surface area contributed by atoms with Crippen molar-refractivity contribution >= 4 is 24.8 Å². The number of nitrogens with two attached hydrogens (primary N) is 1. The Morgan fingerprint density at radius 1 is 1.36 bits per heavy atom. The maximum Gasteiger partial charge on any atom is 0.321 e. The lowest BCUT2D eigenvalue weighted by atomic mass is 9.96. The maximum atomic E-state index is 10.8. The van der Waals surface area contributed by atoms with Crippen LogP contribution in [0.2, 0.25) is 0 Å². The van der Waals surface area contributed by atoms with Crippen LogP contribution in [0.1, 0.15) is 13.8 Å². The van der Waals surface area contributed by atoms with Gasteiger partial charge in [-0.25, -0.2) is 0 Å². The Morgan fingerprint density at radius 2 is 1.82 bits per heavy atom. The summed E-state index contributed by atoms with van der Waals surface area (Å²) in [4.78, 5) is 21.3. The van der Waals surface area contributed by atoms with Gasteiger partial charge >= 0.3 is 5.97 Å². The molecule has 0 fully saturated rings. The molecule has 0 heterocycles.